The molecule has 0 bridgehead atoms. The number of pyridine rings is 2. The Morgan fingerprint density at radius 3 is 2.51 bits per heavy atom. The first-order valence-corrected chi connectivity index (χ1v) is 13.1. The molecule has 4 heterocycles. The average Bonchev–Trinajstić information content (AvgIpc) is 3.30. The number of hydrogen-bond acceptors (Lipinski definition) is 4. The van der Waals surface area contributed by atoms with Crippen molar-refractivity contribution in [3.63, 3.8) is 0 Å². The zero-order chi connectivity index (χ0) is 26.8. The van der Waals surface area contributed by atoms with Gasteiger partial charge < -0.3 is 15.0 Å². The van der Waals surface area contributed by atoms with Crippen molar-refractivity contribution in [1.82, 2.24) is 15.2 Å². The SMILES string of the molecule is C=C1CCC(N2Cc3c(OCc4ccc(C[n+]5ccc(-c6ccccn6)cc5)cc4)cccc3C2=O)C(=O)N1. The van der Waals surface area contributed by atoms with E-state index in [9.17, 15) is 9.59 Å². The van der Waals surface area contributed by atoms with Crippen molar-refractivity contribution in [1.29, 1.82) is 0 Å². The predicted octanol–water partition coefficient (Wildman–Crippen LogP) is 4.41. The second kappa shape index (κ2) is 10.5. The summed E-state index contributed by atoms with van der Waals surface area (Å²) in [4.78, 5) is 31.6. The van der Waals surface area contributed by atoms with Gasteiger partial charge in [-0.15, -0.1) is 0 Å². The fourth-order valence-electron chi connectivity index (χ4n) is 5.15. The van der Waals surface area contributed by atoms with Crippen LogP contribution in [0.15, 0.2) is 104 Å². The monoisotopic (exact) mass is 517 g/mol. The van der Waals surface area contributed by atoms with Crippen LogP contribution in [-0.4, -0.2) is 27.7 Å². The fraction of sp³-hybridized carbons (Fsp3) is 0.188. The topological polar surface area (TPSA) is 75.4 Å². The third-order valence-electron chi connectivity index (χ3n) is 7.29. The molecule has 0 aliphatic carbocycles. The summed E-state index contributed by atoms with van der Waals surface area (Å²) in [5.41, 5.74) is 6.41. The summed E-state index contributed by atoms with van der Waals surface area (Å²) in [7, 11) is 0. The molecular formula is C32H29N4O3+. The number of fused-ring (bicyclic) bond motifs is 1. The number of rotatable bonds is 7. The second-order valence-corrected chi connectivity index (χ2v) is 9.94. The number of nitrogens with one attached hydrogen (secondary N) is 1. The summed E-state index contributed by atoms with van der Waals surface area (Å²) >= 11 is 0. The maximum absolute atomic E-state index is 13.1. The molecule has 2 amide bonds. The van der Waals surface area contributed by atoms with Crippen LogP contribution in [0.4, 0.5) is 0 Å². The number of allylic oxidation sites excluding steroid dienone is 1. The lowest BCUT2D eigenvalue weighted by atomic mass is 10.0. The highest BCUT2D eigenvalue weighted by Gasteiger charge is 2.39. The lowest BCUT2D eigenvalue weighted by Gasteiger charge is -2.31. The van der Waals surface area contributed by atoms with Gasteiger partial charge in [0.25, 0.3) is 5.91 Å². The average molecular weight is 518 g/mol. The standard InChI is InChI=1S/C32H28N4O3/c1-22-8-13-29(31(37)34-22)36-20-27-26(32(36)38)5-4-7-30(27)39-21-24-11-9-23(10-12-24)19-35-17-14-25(15-18-35)28-6-2-3-16-33-28/h2-7,9-12,14-18,29H,1,8,13,19-21H2/p+1. The predicted molar refractivity (Wildman–Crippen MR) is 146 cm³/mol. The highest BCUT2D eigenvalue weighted by molar-refractivity contribution is 6.02. The summed E-state index contributed by atoms with van der Waals surface area (Å²) in [6.07, 6.45) is 7.18. The van der Waals surface area contributed by atoms with Gasteiger partial charge >= 0.3 is 0 Å². The van der Waals surface area contributed by atoms with Crippen LogP contribution in [0, 0.1) is 0 Å². The molecule has 2 aromatic carbocycles. The number of carbonyl (C=O) groups is 2. The van der Waals surface area contributed by atoms with Crippen molar-refractivity contribution >= 4 is 11.8 Å². The van der Waals surface area contributed by atoms with Crippen LogP contribution < -0.4 is 14.6 Å². The molecule has 7 nitrogen and oxygen atoms in total. The smallest absolute Gasteiger partial charge is 0.255 e. The highest BCUT2D eigenvalue weighted by Crippen LogP contribution is 2.34. The van der Waals surface area contributed by atoms with Gasteiger partial charge in [0.1, 0.15) is 18.4 Å². The van der Waals surface area contributed by atoms with Gasteiger partial charge in [-0.05, 0) is 42.7 Å². The lowest BCUT2D eigenvalue weighted by Crippen LogP contribution is -2.49. The molecular weight excluding hydrogens is 488 g/mol. The molecule has 39 heavy (non-hydrogen) atoms. The van der Waals surface area contributed by atoms with E-state index in [1.165, 1.54) is 5.56 Å². The molecule has 2 aliphatic rings. The first-order valence-electron chi connectivity index (χ1n) is 13.1. The molecule has 0 saturated carbocycles. The molecule has 6 rings (SSSR count). The van der Waals surface area contributed by atoms with Crippen molar-refractivity contribution in [2.75, 3.05) is 0 Å². The normalized spacial score (nSPS) is 16.7. The van der Waals surface area contributed by atoms with Crippen LogP contribution in [0.5, 0.6) is 5.75 Å². The number of carbonyl (C=O) groups excluding carboxylic acids is 2. The van der Waals surface area contributed by atoms with Crippen LogP contribution in [0.25, 0.3) is 11.3 Å². The van der Waals surface area contributed by atoms with Crippen LogP contribution in [-0.2, 0) is 24.5 Å². The number of piperidine rings is 1. The van der Waals surface area contributed by atoms with Gasteiger partial charge in [-0.3, -0.25) is 14.6 Å². The van der Waals surface area contributed by atoms with Crippen LogP contribution >= 0.6 is 0 Å². The fourth-order valence-corrected chi connectivity index (χ4v) is 5.15. The third kappa shape index (κ3) is 5.16. The van der Waals surface area contributed by atoms with E-state index in [1.807, 2.05) is 30.3 Å². The Balaban J connectivity index is 1.08. The van der Waals surface area contributed by atoms with Gasteiger partial charge in [0, 0.05) is 46.3 Å². The Kier molecular flexibility index (Phi) is 6.63. The van der Waals surface area contributed by atoms with E-state index < -0.39 is 6.04 Å². The number of aromatic nitrogens is 2. The summed E-state index contributed by atoms with van der Waals surface area (Å²) in [5.74, 6) is 0.381. The summed E-state index contributed by atoms with van der Waals surface area (Å²) in [6, 6.07) is 23.4. The Morgan fingerprint density at radius 2 is 1.77 bits per heavy atom. The molecule has 7 heteroatoms. The molecule has 1 saturated heterocycles. The van der Waals surface area contributed by atoms with Crippen molar-refractivity contribution in [3.05, 3.63) is 126 Å². The molecule has 4 aromatic rings. The molecule has 0 spiro atoms. The largest absolute Gasteiger partial charge is 0.489 e. The molecule has 2 aromatic heterocycles. The van der Waals surface area contributed by atoms with E-state index >= 15 is 0 Å². The molecule has 1 fully saturated rings. The Morgan fingerprint density at radius 1 is 0.974 bits per heavy atom. The number of nitrogens with zero attached hydrogens (tertiary/aromatic N) is 3. The quantitative estimate of drug-likeness (QED) is 0.369. The van der Waals surface area contributed by atoms with Crippen molar-refractivity contribution < 1.29 is 18.9 Å². The minimum absolute atomic E-state index is 0.127. The van der Waals surface area contributed by atoms with Gasteiger partial charge in [-0.2, -0.15) is 0 Å². The van der Waals surface area contributed by atoms with E-state index in [0.717, 1.165) is 28.9 Å². The Hall–Kier alpha value is -4.78. The molecule has 1 atom stereocenters. The summed E-state index contributed by atoms with van der Waals surface area (Å²) in [6.45, 7) is 5.35. The molecule has 1 N–H and O–H groups in total. The van der Waals surface area contributed by atoms with E-state index in [4.69, 9.17) is 4.74 Å². The minimum Gasteiger partial charge on any atom is -0.489 e. The van der Waals surface area contributed by atoms with Gasteiger partial charge in [0.05, 0.1) is 12.2 Å². The Labute approximate surface area is 227 Å². The van der Waals surface area contributed by atoms with Crippen molar-refractivity contribution in [2.24, 2.45) is 0 Å². The molecule has 0 radical (unpaired) electrons. The maximum atomic E-state index is 13.1. The number of benzene rings is 2. The van der Waals surface area contributed by atoms with Crippen LogP contribution in [0.1, 0.15) is 39.9 Å². The summed E-state index contributed by atoms with van der Waals surface area (Å²) in [5, 5.41) is 2.78. The van der Waals surface area contributed by atoms with E-state index in [0.29, 0.717) is 43.0 Å². The highest BCUT2D eigenvalue weighted by atomic mass is 16.5. The maximum Gasteiger partial charge on any atom is 0.255 e. The molecule has 194 valence electrons. The van der Waals surface area contributed by atoms with Crippen molar-refractivity contribution in [2.45, 2.75) is 38.6 Å². The zero-order valence-electron chi connectivity index (χ0n) is 21.5. The van der Waals surface area contributed by atoms with Gasteiger partial charge in [-0.1, -0.05) is 43.0 Å². The minimum atomic E-state index is -0.486. The lowest BCUT2D eigenvalue weighted by molar-refractivity contribution is -0.688. The number of hydrogen-bond donors (Lipinski definition) is 1. The molecule has 1 unspecified atom stereocenters. The van der Waals surface area contributed by atoms with Gasteiger partial charge in [0.15, 0.2) is 18.9 Å². The first kappa shape index (κ1) is 24.6. The third-order valence-corrected chi connectivity index (χ3v) is 7.29. The Bertz CT molecular complexity index is 1530. The second-order valence-electron chi connectivity index (χ2n) is 9.94. The van der Waals surface area contributed by atoms with E-state index in [2.05, 4.69) is 70.2 Å². The van der Waals surface area contributed by atoms with Gasteiger partial charge in [0.2, 0.25) is 5.91 Å². The number of amides is 2. The van der Waals surface area contributed by atoms with Crippen molar-refractivity contribution in [3.8, 4) is 17.0 Å². The van der Waals surface area contributed by atoms with E-state index in [-0.39, 0.29) is 11.8 Å². The van der Waals surface area contributed by atoms with Gasteiger partial charge in [-0.25, -0.2) is 4.57 Å². The zero-order valence-corrected chi connectivity index (χ0v) is 21.5. The van der Waals surface area contributed by atoms with Crippen LogP contribution in [0.3, 0.4) is 0 Å². The summed E-state index contributed by atoms with van der Waals surface area (Å²) < 4.78 is 8.31. The molecule has 2 aliphatic heterocycles. The van der Waals surface area contributed by atoms with Crippen LogP contribution in [0.2, 0.25) is 0 Å². The first-order chi connectivity index (χ1) is 19.0. The number of ether oxygens (including phenoxy) is 1. The van der Waals surface area contributed by atoms with E-state index in [1.54, 1.807) is 17.2 Å².